The molecule has 0 spiro atoms. The molecule has 0 radical (unpaired) electrons. The number of ether oxygens (including phenoxy) is 4. The summed E-state index contributed by atoms with van der Waals surface area (Å²) in [6.07, 6.45) is 13.9. The number of ketones is 1. The first kappa shape index (κ1) is 41.2. The van der Waals surface area contributed by atoms with Crippen molar-refractivity contribution in [2.75, 3.05) is 13.2 Å². The van der Waals surface area contributed by atoms with E-state index >= 15 is 0 Å². The summed E-state index contributed by atoms with van der Waals surface area (Å²) >= 11 is 0. The summed E-state index contributed by atoms with van der Waals surface area (Å²) in [4.78, 5) is 47.5. The number of esters is 3. The van der Waals surface area contributed by atoms with Gasteiger partial charge in [0, 0.05) is 6.42 Å². The lowest BCUT2D eigenvalue weighted by atomic mass is 9.50. The van der Waals surface area contributed by atoms with E-state index in [1.807, 2.05) is 41.5 Å². The zero-order chi connectivity index (χ0) is 38.5. The summed E-state index contributed by atoms with van der Waals surface area (Å²) in [6.45, 7) is 20.0. The molecule has 3 atom stereocenters. The number of carbonyl (C=O) groups excluding carboxylic acids is 4. The number of rotatable bonds is 9. The molecule has 1 N–H and O–H groups in total. The maximum atomic E-state index is 12.5. The Kier molecular flexibility index (Phi) is 11.8. The van der Waals surface area contributed by atoms with Gasteiger partial charge < -0.3 is 24.1 Å². The topological polar surface area (TPSA) is 125 Å². The van der Waals surface area contributed by atoms with E-state index in [2.05, 4.69) is 13.8 Å². The van der Waals surface area contributed by atoms with E-state index in [9.17, 15) is 24.3 Å². The first-order valence-electron chi connectivity index (χ1n) is 20.6. The highest BCUT2D eigenvalue weighted by Gasteiger charge is 2.60. The van der Waals surface area contributed by atoms with Crippen molar-refractivity contribution in [3.05, 3.63) is 0 Å². The average molecular weight is 731 g/mol. The summed E-state index contributed by atoms with van der Waals surface area (Å²) < 4.78 is 22.1. The Morgan fingerprint density at radius 3 is 1.56 bits per heavy atom. The molecular weight excluding hydrogens is 660 g/mol. The molecule has 52 heavy (non-hydrogen) atoms. The SMILES string of the molecule is CCC(C)(C)C(=O)OC1(C)C2CC3CC(C2)CC1C3.CCC(C)(C)C(=O)OC12CC3CC(CC(O)(C3)C1)C2.CCC(C)(C)C(=O)OC1COCC1=O. The third-order valence-corrected chi connectivity index (χ3v) is 14.8. The van der Waals surface area contributed by atoms with Crippen LogP contribution >= 0.6 is 0 Å². The smallest absolute Gasteiger partial charge is 0.312 e. The molecule has 1 saturated heterocycles. The predicted octanol–water partition coefficient (Wildman–Crippen LogP) is 8.16. The molecule has 9 fully saturated rings. The Morgan fingerprint density at radius 1 is 0.692 bits per heavy atom. The number of Topliss-reactive ketones (excluding diaryl/α,β-unsaturated/α-hetero) is 1. The van der Waals surface area contributed by atoms with Gasteiger partial charge in [-0.15, -0.1) is 0 Å². The molecule has 0 amide bonds. The third kappa shape index (κ3) is 8.61. The molecule has 9 nitrogen and oxygen atoms in total. The summed E-state index contributed by atoms with van der Waals surface area (Å²) in [6, 6.07) is 0. The summed E-state index contributed by atoms with van der Waals surface area (Å²) in [7, 11) is 0. The van der Waals surface area contributed by atoms with E-state index < -0.39 is 22.5 Å². The van der Waals surface area contributed by atoms with Gasteiger partial charge in [-0.2, -0.15) is 0 Å². The minimum Gasteiger partial charge on any atom is -0.459 e. The van der Waals surface area contributed by atoms with Gasteiger partial charge in [-0.05, 0) is 167 Å². The van der Waals surface area contributed by atoms with Gasteiger partial charge in [-0.25, -0.2) is 0 Å². The van der Waals surface area contributed by atoms with Crippen LogP contribution in [0.5, 0.6) is 0 Å². The lowest BCUT2D eigenvalue weighted by molar-refractivity contribution is -0.225. The molecule has 0 aromatic carbocycles. The second-order valence-electron chi connectivity index (χ2n) is 20.2. The molecule has 9 rings (SSSR count). The predicted molar refractivity (Wildman–Crippen MR) is 198 cm³/mol. The van der Waals surface area contributed by atoms with Crippen molar-refractivity contribution in [2.24, 2.45) is 51.8 Å². The van der Waals surface area contributed by atoms with Crippen molar-refractivity contribution in [2.45, 2.75) is 182 Å². The van der Waals surface area contributed by atoms with Gasteiger partial charge in [-0.1, -0.05) is 20.8 Å². The van der Waals surface area contributed by atoms with Crippen molar-refractivity contribution in [1.82, 2.24) is 0 Å². The van der Waals surface area contributed by atoms with E-state index in [1.54, 1.807) is 13.8 Å². The standard InChI is InChI=1S/C17H28O2.C16H26O3.C10H16O4/c1-5-16(2,3)15(18)19-17(4)13-7-11-6-12(9-13)10-14(17)8-11;1-4-14(2,3)13(17)19-16-8-11-5-12(9-16)7-15(18,6-11)10-16;1-4-10(2,3)9(12)14-8-6-13-5-7(8)11/h11-14H,5-10H2,1-4H3;11-12,18H,4-10H2,1-3H3;8H,4-6H2,1-3H3. The molecule has 0 aromatic heterocycles. The van der Waals surface area contributed by atoms with E-state index in [0.717, 1.165) is 50.4 Å². The van der Waals surface area contributed by atoms with Gasteiger partial charge in [0.15, 0.2) is 6.10 Å². The lowest BCUT2D eigenvalue weighted by Gasteiger charge is -2.59. The first-order valence-corrected chi connectivity index (χ1v) is 20.6. The highest BCUT2D eigenvalue weighted by atomic mass is 16.6. The summed E-state index contributed by atoms with van der Waals surface area (Å²) in [5.74, 6) is 3.68. The fourth-order valence-corrected chi connectivity index (χ4v) is 10.5. The van der Waals surface area contributed by atoms with Crippen LogP contribution < -0.4 is 0 Å². The normalized spacial score (nSPS) is 38.5. The second kappa shape index (κ2) is 14.9. The molecule has 1 aliphatic heterocycles. The quantitative estimate of drug-likeness (QED) is 0.185. The zero-order valence-electron chi connectivity index (χ0n) is 34.1. The number of carbonyl (C=O) groups is 4. The maximum absolute atomic E-state index is 12.5. The molecular formula is C43H70O9. The molecule has 8 bridgehead atoms. The molecule has 3 unspecified atom stereocenters. The van der Waals surface area contributed by atoms with Crippen LogP contribution in [0.25, 0.3) is 0 Å². The largest absolute Gasteiger partial charge is 0.459 e. The molecule has 9 heteroatoms. The first-order chi connectivity index (χ1) is 24.1. The Morgan fingerprint density at radius 2 is 1.13 bits per heavy atom. The van der Waals surface area contributed by atoms with E-state index in [0.29, 0.717) is 36.5 Å². The van der Waals surface area contributed by atoms with Crippen molar-refractivity contribution in [3.8, 4) is 0 Å². The Balaban J connectivity index is 0.000000153. The fraction of sp³-hybridized carbons (Fsp3) is 0.907. The van der Waals surface area contributed by atoms with Crippen LogP contribution in [-0.4, -0.2) is 64.9 Å². The number of hydrogen-bond donors (Lipinski definition) is 1. The molecule has 8 aliphatic carbocycles. The highest BCUT2D eigenvalue weighted by molar-refractivity contribution is 5.89. The van der Waals surface area contributed by atoms with E-state index in [4.69, 9.17) is 18.9 Å². The van der Waals surface area contributed by atoms with E-state index in [1.165, 1.54) is 38.5 Å². The van der Waals surface area contributed by atoms with Gasteiger partial charge in [0.05, 0.1) is 28.5 Å². The van der Waals surface area contributed by atoms with Crippen LogP contribution in [0.2, 0.25) is 0 Å². The maximum Gasteiger partial charge on any atom is 0.312 e. The lowest BCUT2D eigenvalue weighted by Crippen LogP contribution is -2.61. The highest BCUT2D eigenvalue weighted by Crippen LogP contribution is 2.60. The van der Waals surface area contributed by atoms with Gasteiger partial charge >= 0.3 is 17.9 Å². The minimum atomic E-state index is -0.687. The van der Waals surface area contributed by atoms with Crippen LogP contribution in [0.3, 0.4) is 0 Å². The van der Waals surface area contributed by atoms with Crippen molar-refractivity contribution >= 4 is 23.7 Å². The van der Waals surface area contributed by atoms with Crippen LogP contribution in [0.4, 0.5) is 0 Å². The van der Waals surface area contributed by atoms with Crippen LogP contribution in [0.1, 0.15) is 159 Å². The number of aliphatic hydroxyl groups is 1. The Hall–Kier alpha value is -2.00. The molecule has 8 saturated carbocycles. The zero-order valence-corrected chi connectivity index (χ0v) is 34.1. The summed E-state index contributed by atoms with van der Waals surface area (Å²) in [5.41, 5.74) is -2.35. The third-order valence-electron chi connectivity index (χ3n) is 14.8. The fourth-order valence-electron chi connectivity index (χ4n) is 10.5. The van der Waals surface area contributed by atoms with Gasteiger partial charge in [0.1, 0.15) is 17.8 Å². The average Bonchev–Trinajstić information content (AvgIpc) is 3.46. The minimum absolute atomic E-state index is 0.0185. The van der Waals surface area contributed by atoms with Gasteiger partial charge in [0.2, 0.25) is 5.78 Å². The molecule has 296 valence electrons. The second-order valence-corrected chi connectivity index (χ2v) is 20.2. The van der Waals surface area contributed by atoms with Crippen LogP contribution in [0.15, 0.2) is 0 Å². The van der Waals surface area contributed by atoms with Gasteiger partial charge in [-0.3, -0.25) is 19.2 Å². The number of hydrogen-bond acceptors (Lipinski definition) is 9. The van der Waals surface area contributed by atoms with Gasteiger partial charge in [0.25, 0.3) is 0 Å². The Bertz CT molecular complexity index is 1300. The Labute approximate surface area is 313 Å². The van der Waals surface area contributed by atoms with Crippen molar-refractivity contribution in [3.63, 3.8) is 0 Å². The molecule has 0 aromatic rings. The monoisotopic (exact) mass is 731 g/mol. The van der Waals surface area contributed by atoms with Crippen molar-refractivity contribution in [1.29, 1.82) is 0 Å². The van der Waals surface area contributed by atoms with Crippen LogP contribution in [-0.2, 0) is 38.1 Å². The van der Waals surface area contributed by atoms with Crippen LogP contribution in [0, 0.1) is 51.8 Å². The molecule has 9 aliphatic rings. The summed E-state index contributed by atoms with van der Waals surface area (Å²) in [5, 5.41) is 10.6. The van der Waals surface area contributed by atoms with Crippen molar-refractivity contribution < 1.29 is 43.2 Å². The van der Waals surface area contributed by atoms with E-state index in [-0.39, 0.29) is 53.5 Å². The molecule has 1 heterocycles.